The van der Waals surface area contributed by atoms with Crippen LogP contribution in [0.1, 0.15) is 0 Å². The summed E-state index contributed by atoms with van der Waals surface area (Å²) in [6.07, 6.45) is 0. The van der Waals surface area contributed by atoms with Gasteiger partial charge in [0.1, 0.15) is 17.3 Å². The number of benzene rings is 2. The van der Waals surface area contributed by atoms with E-state index in [1.54, 1.807) is 49.5 Å². The molecule has 144 valence electrons. The molecule has 0 unspecified atom stereocenters. The molecule has 1 amide bonds. The number of nitrogens with zero attached hydrogens (tertiary/aromatic N) is 2. The van der Waals surface area contributed by atoms with Gasteiger partial charge in [0.2, 0.25) is 5.91 Å². The molecule has 1 heterocycles. The topological polar surface area (TPSA) is 54.0 Å². The molecule has 0 spiro atoms. The quantitative estimate of drug-likeness (QED) is 0.844. The standard InChI is InChI=1S/C20H24FN3O3/c1-26-15-7-8-19(27-2)17(13-15)22-14-20(25)24-11-9-23(10-12-24)18-6-4-3-5-16(18)21/h3-8,13,22H,9-12,14H2,1-2H3. The van der Waals surface area contributed by atoms with Crippen molar-refractivity contribution in [1.29, 1.82) is 0 Å². The Morgan fingerprint density at radius 1 is 1.07 bits per heavy atom. The first-order chi connectivity index (χ1) is 13.1. The Morgan fingerprint density at radius 3 is 2.48 bits per heavy atom. The zero-order valence-corrected chi connectivity index (χ0v) is 15.6. The maximum Gasteiger partial charge on any atom is 0.241 e. The summed E-state index contributed by atoms with van der Waals surface area (Å²) in [5.74, 6) is 1.09. The summed E-state index contributed by atoms with van der Waals surface area (Å²) >= 11 is 0. The van der Waals surface area contributed by atoms with Crippen LogP contribution >= 0.6 is 0 Å². The van der Waals surface area contributed by atoms with Crippen molar-refractivity contribution in [1.82, 2.24) is 4.90 Å². The monoisotopic (exact) mass is 373 g/mol. The van der Waals surface area contributed by atoms with Crippen molar-refractivity contribution < 1.29 is 18.7 Å². The molecule has 0 saturated carbocycles. The van der Waals surface area contributed by atoms with E-state index in [9.17, 15) is 9.18 Å². The molecule has 1 aliphatic heterocycles. The Hall–Kier alpha value is -2.96. The van der Waals surface area contributed by atoms with Crippen LogP contribution in [-0.2, 0) is 4.79 Å². The Balaban J connectivity index is 1.55. The van der Waals surface area contributed by atoms with Gasteiger partial charge in [0.05, 0.1) is 32.1 Å². The Labute approximate surface area is 158 Å². The molecule has 0 radical (unpaired) electrons. The van der Waals surface area contributed by atoms with Gasteiger partial charge < -0.3 is 24.6 Å². The number of carbonyl (C=O) groups is 1. The maximum atomic E-state index is 13.9. The molecule has 0 atom stereocenters. The predicted octanol–water partition coefficient (Wildman–Crippen LogP) is 2.60. The fourth-order valence-electron chi connectivity index (χ4n) is 3.14. The molecule has 27 heavy (non-hydrogen) atoms. The second kappa shape index (κ2) is 8.62. The number of rotatable bonds is 6. The highest BCUT2D eigenvalue weighted by Gasteiger charge is 2.22. The van der Waals surface area contributed by atoms with E-state index in [2.05, 4.69) is 5.32 Å². The second-order valence-electron chi connectivity index (χ2n) is 6.24. The van der Waals surface area contributed by atoms with Crippen molar-refractivity contribution in [2.24, 2.45) is 0 Å². The van der Waals surface area contributed by atoms with Crippen molar-refractivity contribution in [3.8, 4) is 11.5 Å². The van der Waals surface area contributed by atoms with E-state index < -0.39 is 0 Å². The molecule has 2 aromatic carbocycles. The highest BCUT2D eigenvalue weighted by Crippen LogP contribution is 2.28. The molecule has 6 nitrogen and oxygen atoms in total. The number of piperazine rings is 1. The van der Waals surface area contributed by atoms with E-state index in [0.717, 1.165) is 0 Å². The van der Waals surface area contributed by atoms with E-state index in [4.69, 9.17) is 9.47 Å². The number of para-hydroxylation sites is 1. The molecule has 0 aliphatic carbocycles. The summed E-state index contributed by atoms with van der Waals surface area (Å²) < 4.78 is 24.4. The van der Waals surface area contributed by atoms with Crippen LogP contribution in [0.3, 0.4) is 0 Å². The number of carbonyl (C=O) groups excluding carboxylic acids is 1. The molecule has 0 bridgehead atoms. The van der Waals surface area contributed by atoms with Gasteiger partial charge in [-0.05, 0) is 24.3 Å². The van der Waals surface area contributed by atoms with Crippen molar-refractivity contribution in [2.45, 2.75) is 0 Å². The van der Waals surface area contributed by atoms with Gasteiger partial charge in [0, 0.05) is 32.2 Å². The maximum absolute atomic E-state index is 13.9. The van der Waals surface area contributed by atoms with Gasteiger partial charge in [-0.1, -0.05) is 12.1 Å². The van der Waals surface area contributed by atoms with Gasteiger partial charge in [-0.15, -0.1) is 0 Å². The number of nitrogens with one attached hydrogen (secondary N) is 1. The molecule has 3 rings (SSSR count). The van der Waals surface area contributed by atoms with E-state index in [1.807, 2.05) is 11.0 Å². The fraction of sp³-hybridized carbons (Fsp3) is 0.350. The number of amides is 1. The van der Waals surface area contributed by atoms with Gasteiger partial charge in [-0.25, -0.2) is 4.39 Å². The Morgan fingerprint density at radius 2 is 1.81 bits per heavy atom. The van der Waals surface area contributed by atoms with Crippen LogP contribution in [0.2, 0.25) is 0 Å². The fourth-order valence-corrected chi connectivity index (χ4v) is 3.14. The first-order valence-corrected chi connectivity index (χ1v) is 8.85. The molecular weight excluding hydrogens is 349 g/mol. The van der Waals surface area contributed by atoms with Crippen LogP contribution in [-0.4, -0.2) is 57.8 Å². The first-order valence-electron chi connectivity index (χ1n) is 8.85. The lowest BCUT2D eigenvalue weighted by atomic mass is 10.2. The van der Waals surface area contributed by atoms with E-state index in [1.165, 1.54) is 6.07 Å². The van der Waals surface area contributed by atoms with Crippen molar-refractivity contribution in [3.05, 3.63) is 48.3 Å². The molecule has 2 aromatic rings. The van der Waals surface area contributed by atoms with Crippen LogP contribution < -0.4 is 19.7 Å². The molecule has 1 aliphatic rings. The van der Waals surface area contributed by atoms with Gasteiger partial charge in [0.15, 0.2) is 0 Å². The minimum absolute atomic E-state index is 0.00643. The number of methoxy groups -OCH3 is 2. The largest absolute Gasteiger partial charge is 0.497 e. The van der Waals surface area contributed by atoms with E-state index >= 15 is 0 Å². The van der Waals surface area contributed by atoms with Crippen LogP contribution in [0.4, 0.5) is 15.8 Å². The molecule has 1 fully saturated rings. The summed E-state index contributed by atoms with van der Waals surface area (Å²) in [6, 6.07) is 12.1. The van der Waals surface area contributed by atoms with Gasteiger partial charge in [-0.3, -0.25) is 4.79 Å². The zero-order chi connectivity index (χ0) is 19.2. The number of hydrogen-bond acceptors (Lipinski definition) is 5. The van der Waals surface area contributed by atoms with Gasteiger partial charge >= 0.3 is 0 Å². The average molecular weight is 373 g/mol. The first kappa shape index (κ1) is 18.8. The lowest BCUT2D eigenvalue weighted by Crippen LogP contribution is -2.50. The van der Waals surface area contributed by atoms with E-state index in [0.29, 0.717) is 49.1 Å². The second-order valence-corrected chi connectivity index (χ2v) is 6.24. The number of anilines is 2. The number of hydrogen-bond donors (Lipinski definition) is 1. The summed E-state index contributed by atoms with van der Waals surface area (Å²) in [5, 5.41) is 3.12. The highest BCUT2D eigenvalue weighted by molar-refractivity contribution is 5.82. The SMILES string of the molecule is COc1ccc(OC)c(NCC(=O)N2CCN(c3ccccc3F)CC2)c1. The van der Waals surface area contributed by atoms with E-state index in [-0.39, 0.29) is 18.3 Å². The highest BCUT2D eigenvalue weighted by atomic mass is 19.1. The molecule has 7 heteroatoms. The third-order valence-corrected chi connectivity index (χ3v) is 4.66. The Bertz CT molecular complexity index is 792. The molecule has 1 N–H and O–H groups in total. The van der Waals surface area contributed by atoms with Crippen LogP contribution in [0.5, 0.6) is 11.5 Å². The normalized spacial score (nSPS) is 14.0. The molecule has 1 saturated heterocycles. The molecular formula is C20H24FN3O3. The number of ether oxygens (including phenoxy) is 2. The van der Waals surface area contributed by atoms with Gasteiger partial charge in [-0.2, -0.15) is 0 Å². The van der Waals surface area contributed by atoms with Crippen LogP contribution in [0, 0.1) is 5.82 Å². The number of halogens is 1. The third kappa shape index (κ3) is 4.42. The lowest BCUT2D eigenvalue weighted by Gasteiger charge is -2.36. The minimum Gasteiger partial charge on any atom is -0.497 e. The molecule has 0 aromatic heterocycles. The zero-order valence-electron chi connectivity index (χ0n) is 15.6. The van der Waals surface area contributed by atoms with Crippen molar-refractivity contribution in [2.75, 3.05) is 57.2 Å². The summed E-state index contributed by atoms with van der Waals surface area (Å²) in [6.45, 7) is 2.49. The van der Waals surface area contributed by atoms with Crippen molar-refractivity contribution in [3.63, 3.8) is 0 Å². The lowest BCUT2D eigenvalue weighted by molar-refractivity contribution is -0.129. The van der Waals surface area contributed by atoms with Crippen LogP contribution in [0.25, 0.3) is 0 Å². The third-order valence-electron chi connectivity index (χ3n) is 4.66. The predicted molar refractivity (Wildman–Crippen MR) is 103 cm³/mol. The Kier molecular flexibility index (Phi) is 6.01. The van der Waals surface area contributed by atoms with Gasteiger partial charge in [0.25, 0.3) is 0 Å². The minimum atomic E-state index is -0.232. The van der Waals surface area contributed by atoms with Crippen LogP contribution in [0.15, 0.2) is 42.5 Å². The summed E-state index contributed by atoms with van der Waals surface area (Å²) in [4.78, 5) is 16.3. The average Bonchev–Trinajstić information content (AvgIpc) is 2.72. The summed E-state index contributed by atoms with van der Waals surface area (Å²) in [5.41, 5.74) is 1.29. The van der Waals surface area contributed by atoms with Crippen molar-refractivity contribution >= 4 is 17.3 Å². The smallest absolute Gasteiger partial charge is 0.241 e. The summed E-state index contributed by atoms with van der Waals surface area (Å²) in [7, 11) is 3.17.